The summed E-state index contributed by atoms with van der Waals surface area (Å²) in [4.78, 5) is 8.09. The number of nitrogens with zero attached hydrogens (tertiary/aromatic N) is 2. The summed E-state index contributed by atoms with van der Waals surface area (Å²) in [7, 11) is 0. The summed E-state index contributed by atoms with van der Waals surface area (Å²) in [5.74, 6) is 0.739. The summed E-state index contributed by atoms with van der Waals surface area (Å²) >= 11 is 1.66. The highest BCUT2D eigenvalue weighted by Gasteiger charge is 2.19. The maximum absolute atomic E-state index is 5.54. The minimum atomic E-state index is 0. The van der Waals surface area contributed by atoms with E-state index in [0.29, 0.717) is 6.04 Å². The molecule has 0 radical (unpaired) electrons. The summed E-state index contributed by atoms with van der Waals surface area (Å²) in [6.45, 7) is 6.29. The van der Waals surface area contributed by atoms with Crippen molar-refractivity contribution < 1.29 is 4.42 Å². The first kappa shape index (κ1) is 17.5. The van der Waals surface area contributed by atoms with Crippen LogP contribution in [0, 0.1) is 0 Å². The van der Waals surface area contributed by atoms with Crippen LogP contribution in [0.5, 0.6) is 0 Å². The molecule has 4 nitrogen and oxygen atoms in total. The Morgan fingerprint density at radius 2 is 2.35 bits per heavy atom. The molecule has 1 atom stereocenters. The molecule has 2 aromatic rings. The monoisotopic (exact) mass is 335 g/mol. The predicted molar refractivity (Wildman–Crippen MR) is 87.1 cm³/mol. The van der Waals surface area contributed by atoms with Gasteiger partial charge in [-0.2, -0.15) is 0 Å². The normalized spacial score (nSPS) is 19.1. The predicted octanol–water partition coefficient (Wildman–Crippen LogP) is 3.04. The molecule has 2 aromatic heterocycles. The Kier molecular flexibility index (Phi) is 6.99. The van der Waals surface area contributed by atoms with Gasteiger partial charge in [0.15, 0.2) is 0 Å². The van der Waals surface area contributed by atoms with Gasteiger partial charge in [0.05, 0.1) is 10.6 Å². The maximum Gasteiger partial charge on any atom is 0.236 e. The molecule has 0 aromatic carbocycles. The van der Waals surface area contributed by atoms with Gasteiger partial charge in [-0.3, -0.25) is 4.90 Å². The van der Waals surface area contributed by atoms with E-state index < -0.39 is 0 Å². The molecule has 112 valence electrons. The van der Waals surface area contributed by atoms with Gasteiger partial charge in [0.2, 0.25) is 5.89 Å². The number of hydrogen-bond acceptors (Lipinski definition) is 5. The van der Waals surface area contributed by atoms with Crippen LogP contribution in [0.2, 0.25) is 0 Å². The quantitative estimate of drug-likeness (QED) is 0.935. The lowest BCUT2D eigenvalue weighted by molar-refractivity contribution is 0.163. The third-order valence-corrected chi connectivity index (χ3v) is 4.15. The van der Waals surface area contributed by atoms with E-state index in [1.807, 2.05) is 17.5 Å². The third-order valence-electron chi connectivity index (χ3n) is 3.29. The van der Waals surface area contributed by atoms with E-state index in [-0.39, 0.29) is 24.8 Å². The molecule has 1 aliphatic heterocycles. The smallest absolute Gasteiger partial charge is 0.236 e. The fraction of sp³-hybridized carbons (Fsp3) is 0.462. The van der Waals surface area contributed by atoms with E-state index >= 15 is 0 Å². The van der Waals surface area contributed by atoms with Crippen LogP contribution >= 0.6 is 36.2 Å². The molecule has 1 fully saturated rings. The van der Waals surface area contributed by atoms with Crippen molar-refractivity contribution in [2.24, 2.45) is 0 Å². The number of piperazine rings is 1. The van der Waals surface area contributed by atoms with Gasteiger partial charge >= 0.3 is 0 Å². The molecule has 0 saturated carbocycles. The standard InChI is InChI=1S/C13H17N3OS.2ClH/c1-10-7-14-4-5-16(10)8-11-9-17-13(15-11)12-3-2-6-18-12;;/h2-3,6,9-10,14H,4-5,7-8H2,1H3;2*1H/t10-;;/m1../s1. The lowest BCUT2D eigenvalue weighted by Crippen LogP contribution is -2.49. The maximum atomic E-state index is 5.54. The van der Waals surface area contributed by atoms with Crippen LogP contribution in [0.4, 0.5) is 0 Å². The highest BCUT2D eigenvalue weighted by atomic mass is 35.5. The van der Waals surface area contributed by atoms with Gasteiger partial charge < -0.3 is 9.73 Å². The average Bonchev–Trinajstić information content (AvgIpc) is 3.02. The number of nitrogens with one attached hydrogen (secondary N) is 1. The van der Waals surface area contributed by atoms with Crippen molar-refractivity contribution >= 4 is 36.2 Å². The first-order valence-corrected chi connectivity index (χ1v) is 7.14. The molecule has 20 heavy (non-hydrogen) atoms. The Morgan fingerprint density at radius 1 is 1.50 bits per heavy atom. The van der Waals surface area contributed by atoms with E-state index in [2.05, 4.69) is 22.1 Å². The Morgan fingerprint density at radius 3 is 3.05 bits per heavy atom. The van der Waals surface area contributed by atoms with E-state index in [0.717, 1.165) is 42.6 Å². The SMILES string of the molecule is C[C@@H]1CNCCN1Cc1coc(-c2cccs2)n1.Cl.Cl. The van der Waals surface area contributed by atoms with E-state index in [4.69, 9.17) is 4.42 Å². The number of oxazole rings is 1. The minimum Gasteiger partial charge on any atom is -0.444 e. The molecule has 3 rings (SSSR count). The Balaban J connectivity index is 0.000001000. The summed E-state index contributed by atoms with van der Waals surface area (Å²) in [5, 5.41) is 5.43. The first-order chi connectivity index (χ1) is 8.83. The van der Waals surface area contributed by atoms with Crippen molar-refractivity contribution in [1.29, 1.82) is 0 Å². The second-order valence-electron chi connectivity index (χ2n) is 4.64. The summed E-state index contributed by atoms with van der Waals surface area (Å²) in [5.41, 5.74) is 1.02. The largest absolute Gasteiger partial charge is 0.444 e. The number of aromatic nitrogens is 1. The first-order valence-electron chi connectivity index (χ1n) is 6.26. The molecule has 0 unspecified atom stereocenters. The molecule has 0 spiro atoms. The van der Waals surface area contributed by atoms with Gasteiger partial charge in [0.25, 0.3) is 0 Å². The van der Waals surface area contributed by atoms with Crippen LogP contribution in [-0.2, 0) is 6.54 Å². The number of halogens is 2. The number of rotatable bonds is 3. The molecular weight excluding hydrogens is 317 g/mol. The highest BCUT2D eigenvalue weighted by Crippen LogP contribution is 2.24. The molecule has 0 bridgehead atoms. The summed E-state index contributed by atoms with van der Waals surface area (Å²) in [6.07, 6.45) is 1.78. The van der Waals surface area contributed by atoms with Gasteiger partial charge in [-0.25, -0.2) is 4.98 Å². The lowest BCUT2D eigenvalue weighted by Gasteiger charge is -2.33. The molecule has 7 heteroatoms. The van der Waals surface area contributed by atoms with Crippen molar-refractivity contribution in [3.8, 4) is 10.8 Å². The molecular formula is C13H19Cl2N3OS. The topological polar surface area (TPSA) is 41.3 Å². The summed E-state index contributed by atoms with van der Waals surface area (Å²) in [6, 6.07) is 4.61. The summed E-state index contributed by atoms with van der Waals surface area (Å²) < 4.78 is 5.54. The Bertz CT molecular complexity index is 503. The second-order valence-corrected chi connectivity index (χ2v) is 5.59. The van der Waals surface area contributed by atoms with Crippen LogP contribution in [-0.4, -0.2) is 35.6 Å². The fourth-order valence-electron chi connectivity index (χ4n) is 2.22. The van der Waals surface area contributed by atoms with Crippen molar-refractivity contribution in [2.75, 3.05) is 19.6 Å². The van der Waals surface area contributed by atoms with E-state index in [9.17, 15) is 0 Å². The van der Waals surface area contributed by atoms with Gasteiger partial charge in [0, 0.05) is 32.2 Å². The average molecular weight is 336 g/mol. The fourth-order valence-corrected chi connectivity index (χ4v) is 2.87. The molecule has 1 saturated heterocycles. The molecule has 0 amide bonds. The van der Waals surface area contributed by atoms with E-state index in [1.165, 1.54) is 0 Å². The zero-order valence-corrected chi connectivity index (χ0v) is 13.7. The highest BCUT2D eigenvalue weighted by molar-refractivity contribution is 7.13. The van der Waals surface area contributed by atoms with Gasteiger partial charge in [-0.1, -0.05) is 6.07 Å². The van der Waals surface area contributed by atoms with Crippen LogP contribution in [0.15, 0.2) is 28.2 Å². The van der Waals surface area contributed by atoms with Crippen LogP contribution in [0.1, 0.15) is 12.6 Å². The van der Waals surface area contributed by atoms with Crippen LogP contribution in [0.25, 0.3) is 10.8 Å². The molecule has 1 N–H and O–H groups in total. The third kappa shape index (κ3) is 3.96. The van der Waals surface area contributed by atoms with Crippen molar-refractivity contribution in [3.05, 3.63) is 29.5 Å². The minimum absolute atomic E-state index is 0. The second kappa shape index (κ2) is 8.00. The van der Waals surface area contributed by atoms with Crippen LogP contribution < -0.4 is 5.32 Å². The van der Waals surface area contributed by atoms with Crippen LogP contribution in [0.3, 0.4) is 0 Å². The number of thiophene rings is 1. The lowest BCUT2D eigenvalue weighted by atomic mass is 10.2. The van der Waals surface area contributed by atoms with Crippen molar-refractivity contribution in [3.63, 3.8) is 0 Å². The number of hydrogen-bond donors (Lipinski definition) is 1. The zero-order chi connectivity index (χ0) is 12.4. The molecule has 1 aliphatic rings. The Hall–Kier alpha value is -0.590. The zero-order valence-electron chi connectivity index (χ0n) is 11.2. The van der Waals surface area contributed by atoms with Gasteiger partial charge in [0.1, 0.15) is 6.26 Å². The van der Waals surface area contributed by atoms with E-state index in [1.54, 1.807) is 17.6 Å². The molecule has 3 heterocycles. The van der Waals surface area contributed by atoms with Gasteiger partial charge in [-0.05, 0) is 18.4 Å². The van der Waals surface area contributed by atoms with Gasteiger partial charge in [-0.15, -0.1) is 36.2 Å². The molecule has 0 aliphatic carbocycles. The van der Waals surface area contributed by atoms with Crippen molar-refractivity contribution in [1.82, 2.24) is 15.2 Å². The van der Waals surface area contributed by atoms with Crippen molar-refractivity contribution in [2.45, 2.75) is 19.5 Å². The Labute approximate surface area is 135 Å².